The Hall–Kier alpha value is -3.42. The second-order valence-electron chi connectivity index (χ2n) is 7.16. The molecule has 1 aliphatic carbocycles. The minimum atomic E-state index is -1.35. The van der Waals surface area contributed by atoms with Crippen LogP contribution in [-0.4, -0.2) is 39.0 Å². The van der Waals surface area contributed by atoms with Crippen LogP contribution in [0.2, 0.25) is 0 Å². The minimum absolute atomic E-state index is 0.381. The molecule has 0 bridgehead atoms. The zero-order chi connectivity index (χ0) is 20.4. The van der Waals surface area contributed by atoms with E-state index >= 15 is 0 Å². The van der Waals surface area contributed by atoms with Crippen LogP contribution in [-0.2, 0) is 5.41 Å². The number of carboxylic acid groups (broad SMARTS) is 1. The molecule has 1 fully saturated rings. The van der Waals surface area contributed by atoms with Crippen molar-refractivity contribution >= 4 is 11.8 Å². The number of aromatic nitrogens is 3. The number of halogens is 2. The molecular weight excluding hydrogens is 378 g/mol. The number of nitrogens with zero attached hydrogens (tertiary/aromatic N) is 3. The smallest absolute Gasteiger partial charge is 0.338 e. The number of anilines is 1. The highest BCUT2D eigenvalue weighted by atomic mass is 19.1. The average molecular weight is 396 g/mol. The van der Waals surface area contributed by atoms with Crippen LogP contribution in [0.5, 0.6) is 0 Å². The van der Waals surface area contributed by atoms with Gasteiger partial charge >= 0.3 is 5.97 Å². The van der Waals surface area contributed by atoms with Crippen molar-refractivity contribution in [2.45, 2.75) is 24.4 Å². The molecule has 6 nitrogen and oxygen atoms in total. The van der Waals surface area contributed by atoms with Crippen LogP contribution in [0.1, 0.15) is 28.9 Å². The molecule has 3 aromatic rings. The lowest BCUT2D eigenvalue weighted by Gasteiger charge is -2.43. The highest BCUT2D eigenvalue weighted by Crippen LogP contribution is 2.44. The predicted octanol–water partition coefficient (Wildman–Crippen LogP) is 3.86. The number of alkyl halides is 1. The molecule has 8 heteroatoms. The summed E-state index contributed by atoms with van der Waals surface area (Å²) < 4.78 is 27.2. The molecule has 29 heavy (non-hydrogen) atoms. The number of carbonyl (C=O) groups is 1. The van der Waals surface area contributed by atoms with E-state index in [9.17, 15) is 13.6 Å². The second kappa shape index (κ2) is 7.54. The minimum Gasteiger partial charge on any atom is -0.478 e. The lowest BCUT2D eigenvalue weighted by Crippen LogP contribution is -2.48. The van der Waals surface area contributed by atoms with Gasteiger partial charge in [-0.3, -0.25) is 4.98 Å². The predicted molar refractivity (Wildman–Crippen MR) is 103 cm³/mol. The van der Waals surface area contributed by atoms with E-state index in [1.807, 2.05) is 18.2 Å². The number of aromatic carboxylic acids is 1. The molecule has 1 aliphatic rings. The molecule has 0 spiro atoms. The van der Waals surface area contributed by atoms with Gasteiger partial charge < -0.3 is 10.4 Å². The topological polar surface area (TPSA) is 88.0 Å². The van der Waals surface area contributed by atoms with E-state index in [4.69, 9.17) is 5.11 Å². The van der Waals surface area contributed by atoms with E-state index in [1.165, 1.54) is 12.1 Å². The molecule has 0 unspecified atom stereocenters. The van der Waals surface area contributed by atoms with E-state index < -0.39 is 23.5 Å². The number of benzene rings is 1. The first-order valence-corrected chi connectivity index (χ1v) is 9.13. The monoisotopic (exact) mass is 396 g/mol. The van der Waals surface area contributed by atoms with E-state index in [2.05, 4.69) is 20.5 Å². The quantitative estimate of drug-likeness (QED) is 0.658. The Morgan fingerprint density at radius 2 is 2.00 bits per heavy atom. The Morgan fingerprint density at radius 3 is 2.62 bits per heavy atom. The van der Waals surface area contributed by atoms with Gasteiger partial charge in [0.2, 0.25) is 0 Å². The highest BCUT2D eigenvalue weighted by molar-refractivity contribution is 5.89. The number of nitrogens with one attached hydrogen (secondary N) is 1. The molecule has 148 valence electrons. The fraction of sp³-hybridized carbons (Fsp3) is 0.238. The van der Waals surface area contributed by atoms with Crippen LogP contribution in [0.4, 0.5) is 14.6 Å². The summed E-state index contributed by atoms with van der Waals surface area (Å²) in [5, 5.41) is 20.4. The summed E-state index contributed by atoms with van der Waals surface area (Å²) in [5.41, 5.74) is 0.916. The normalized spacial score (nSPS) is 20.7. The summed E-state index contributed by atoms with van der Waals surface area (Å²) >= 11 is 0. The van der Waals surface area contributed by atoms with Crippen molar-refractivity contribution in [1.29, 1.82) is 0 Å². The summed E-state index contributed by atoms with van der Waals surface area (Å²) in [5.74, 6) is -1.65. The van der Waals surface area contributed by atoms with Gasteiger partial charge in [0.15, 0.2) is 0 Å². The molecule has 0 saturated heterocycles. The van der Waals surface area contributed by atoms with Crippen LogP contribution < -0.4 is 5.32 Å². The van der Waals surface area contributed by atoms with Gasteiger partial charge in [0, 0.05) is 29.4 Å². The summed E-state index contributed by atoms with van der Waals surface area (Å²) in [7, 11) is 0. The molecular formula is C21H18F2N4O2. The lowest BCUT2D eigenvalue weighted by atomic mass is 9.65. The first-order chi connectivity index (χ1) is 14.0. The van der Waals surface area contributed by atoms with Gasteiger partial charge in [-0.1, -0.05) is 6.07 Å². The Balaban J connectivity index is 1.49. The van der Waals surface area contributed by atoms with E-state index in [0.717, 1.165) is 11.8 Å². The van der Waals surface area contributed by atoms with Crippen molar-refractivity contribution in [2.24, 2.45) is 0 Å². The molecule has 0 aliphatic heterocycles. The largest absolute Gasteiger partial charge is 0.478 e. The number of hydrogen-bond acceptors (Lipinski definition) is 5. The van der Waals surface area contributed by atoms with Crippen molar-refractivity contribution in [2.75, 3.05) is 11.9 Å². The van der Waals surface area contributed by atoms with Crippen LogP contribution in [0.25, 0.3) is 11.3 Å². The van der Waals surface area contributed by atoms with Gasteiger partial charge in [-0.25, -0.2) is 13.6 Å². The molecule has 1 saturated carbocycles. The zero-order valence-electron chi connectivity index (χ0n) is 15.3. The molecule has 4 rings (SSSR count). The third-order valence-electron chi connectivity index (χ3n) is 5.20. The van der Waals surface area contributed by atoms with Crippen LogP contribution >= 0.6 is 0 Å². The standard InChI is InChI=1S/C21H18F2N4O2/c22-14-10-21(11-14,18-3-1-2-8-24-18)12-25-19-7-6-17(26-27-19)13-4-5-16(23)15(9-13)20(28)29/h1-9,14H,10-12H2,(H,25,27)(H,28,29). The fourth-order valence-electron chi connectivity index (χ4n) is 3.60. The van der Waals surface area contributed by atoms with Crippen molar-refractivity contribution in [3.05, 3.63) is 71.8 Å². The third kappa shape index (κ3) is 3.78. The number of carboxylic acids is 1. The lowest BCUT2D eigenvalue weighted by molar-refractivity contribution is 0.0692. The Bertz CT molecular complexity index is 1020. The molecule has 0 amide bonds. The van der Waals surface area contributed by atoms with Crippen molar-refractivity contribution in [1.82, 2.24) is 15.2 Å². The number of hydrogen-bond donors (Lipinski definition) is 2. The van der Waals surface area contributed by atoms with Gasteiger partial charge in [-0.2, -0.15) is 0 Å². The molecule has 2 N–H and O–H groups in total. The van der Waals surface area contributed by atoms with E-state index in [1.54, 1.807) is 18.3 Å². The van der Waals surface area contributed by atoms with Crippen LogP contribution in [0.3, 0.4) is 0 Å². The summed E-state index contributed by atoms with van der Waals surface area (Å²) in [6.45, 7) is 0.470. The summed E-state index contributed by atoms with van der Waals surface area (Å²) in [4.78, 5) is 15.5. The van der Waals surface area contributed by atoms with Gasteiger partial charge in [0.1, 0.15) is 17.8 Å². The fourth-order valence-corrected chi connectivity index (χ4v) is 3.60. The molecule has 0 atom stereocenters. The first kappa shape index (κ1) is 18.9. The SMILES string of the molecule is O=C(O)c1cc(-c2ccc(NCC3(c4ccccn4)CC(F)C3)nn2)ccc1F. The number of pyridine rings is 1. The summed E-state index contributed by atoms with van der Waals surface area (Å²) in [6, 6.07) is 12.7. The maximum Gasteiger partial charge on any atom is 0.338 e. The van der Waals surface area contributed by atoms with Crippen molar-refractivity contribution < 1.29 is 18.7 Å². The second-order valence-corrected chi connectivity index (χ2v) is 7.16. The van der Waals surface area contributed by atoms with Gasteiger partial charge in [0.05, 0.1) is 11.3 Å². The van der Waals surface area contributed by atoms with E-state index in [-0.39, 0.29) is 5.41 Å². The van der Waals surface area contributed by atoms with Crippen LogP contribution in [0, 0.1) is 5.82 Å². The molecule has 1 aromatic carbocycles. The van der Waals surface area contributed by atoms with Gasteiger partial charge in [-0.05, 0) is 55.3 Å². The Labute approximate surface area is 165 Å². The number of rotatable bonds is 6. The third-order valence-corrected chi connectivity index (χ3v) is 5.20. The zero-order valence-corrected chi connectivity index (χ0v) is 15.3. The Morgan fingerprint density at radius 1 is 1.17 bits per heavy atom. The van der Waals surface area contributed by atoms with Crippen molar-refractivity contribution in [3.8, 4) is 11.3 Å². The van der Waals surface area contributed by atoms with E-state index in [0.29, 0.717) is 36.5 Å². The molecule has 2 heterocycles. The average Bonchev–Trinajstić information content (AvgIpc) is 2.71. The maximum atomic E-state index is 13.6. The van der Waals surface area contributed by atoms with Gasteiger partial charge in [0.25, 0.3) is 0 Å². The Kier molecular flexibility index (Phi) is 4.92. The van der Waals surface area contributed by atoms with Gasteiger partial charge in [-0.15, -0.1) is 10.2 Å². The molecule has 2 aromatic heterocycles. The van der Waals surface area contributed by atoms with Crippen molar-refractivity contribution in [3.63, 3.8) is 0 Å². The molecule has 0 radical (unpaired) electrons. The van der Waals surface area contributed by atoms with Crippen LogP contribution in [0.15, 0.2) is 54.7 Å². The maximum absolute atomic E-state index is 13.6. The first-order valence-electron chi connectivity index (χ1n) is 9.13. The summed E-state index contributed by atoms with van der Waals surface area (Å²) in [6.07, 6.45) is 1.66. The highest BCUT2D eigenvalue weighted by Gasteiger charge is 2.46.